The molecule has 0 spiro atoms. The number of hydrogen-bond donors (Lipinski definition) is 1. The van der Waals surface area contributed by atoms with Crippen molar-refractivity contribution >= 4 is 23.6 Å². The van der Waals surface area contributed by atoms with Crippen molar-refractivity contribution in [1.29, 1.82) is 0 Å². The van der Waals surface area contributed by atoms with Gasteiger partial charge in [-0.3, -0.25) is 4.79 Å². The largest absolute Gasteiger partial charge is 0.477 e. The lowest BCUT2D eigenvalue weighted by atomic mass is 9.91. The molecule has 4 heteroatoms. The first-order valence-corrected chi connectivity index (χ1v) is 6.77. The molecule has 0 fully saturated rings. The Kier molecular flexibility index (Phi) is 5.35. The molecule has 0 aromatic carbocycles. The highest BCUT2D eigenvalue weighted by molar-refractivity contribution is 7.15. The molecule has 1 N–H and O–H groups in total. The van der Waals surface area contributed by atoms with Crippen molar-refractivity contribution < 1.29 is 14.7 Å². The van der Waals surface area contributed by atoms with Gasteiger partial charge in [-0.05, 0) is 30.4 Å². The molecule has 1 unspecified atom stereocenters. The Bertz CT molecular complexity index is 395. The van der Waals surface area contributed by atoms with Gasteiger partial charge >= 0.3 is 5.97 Å². The smallest absolute Gasteiger partial charge is 0.346 e. The van der Waals surface area contributed by atoms with Gasteiger partial charge in [0.15, 0.2) is 6.29 Å². The molecule has 0 aliphatic carbocycles. The van der Waals surface area contributed by atoms with Gasteiger partial charge in [-0.15, -0.1) is 11.3 Å². The van der Waals surface area contributed by atoms with Crippen LogP contribution >= 0.6 is 11.3 Å². The zero-order valence-corrected chi connectivity index (χ0v) is 11.0. The molecule has 0 saturated heterocycles. The molecule has 94 valence electrons. The Morgan fingerprint density at radius 2 is 2.24 bits per heavy atom. The number of carbonyl (C=O) groups excluding carboxylic acids is 1. The monoisotopic (exact) mass is 254 g/mol. The van der Waals surface area contributed by atoms with Gasteiger partial charge in [0.2, 0.25) is 0 Å². The summed E-state index contributed by atoms with van der Waals surface area (Å²) in [6, 6.07) is 1.74. The third-order valence-corrected chi connectivity index (χ3v) is 3.99. The average Bonchev–Trinajstić information content (AvgIpc) is 2.74. The zero-order chi connectivity index (χ0) is 12.8. The number of hydrogen-bond acceptors (Lipinski definition) is 3. The summed E-state index contributed by atoms with van der Waals surface area (Å²) in [5, 5.41) is 9.14. The summed E-state index contributed by atoms with van der Waals surface area (Å²) in [6.07, 6.45) is 4.82. The molecule has 0 bridgehead atoms. The predicted molar refractivity (Wildman–Crippen MR) is 69.2 cm³/mol. The first-order chi connectivity index (χ1) is 8.13. The minimum Gasteiger partial charge on any atom is -0.477 e. The molecule has 1 rings (SSSR count). The lowest BCUT2D eigenvalue weighted by molar-refractivity contribution is 0.0700. The molecule has 1 aromatic heterocycles. The fourth-order valence-corrected chi connectivity index (χ4v) is 2.88. The van der Waals surface area contributed by atoms with Crippen LogP contribution in [0.25, 0.3) is 0 Å². The molecule has 0 aliphatic heterocycles. The van der Waals surface area contributed by atoms with Crippen LogP contribution in [0.2, 0.25) is 0 Å². The highest BCUT2D eigenvalue weighted by atomic mass is 32.1. The molecular weight excluding hydrogens is 236 g/mol. The van der Waals surface area contributed by atoms with Gasteiger partial charge in [-0.1, -0.05) is 26.7 Å². The van der Waals surface area contributed by atoms with Gasteiger partial charge < -0.3 is 5.11 Å². The van der Waals surface area contributed by atoms with Gasteiger partial charge in [-0.25, -0.2) is 4.79 Å². The van der Waals surface area contributed by atoms with Crippen molar-refractivity contribution in [3.8, 4) is 0 Å². The Labute approximate surface area is 105 Å². The molecule has 0 aliphatic rings. The van der Waals surface area contributed by atoms with Gasteiger partial charge in [0.1, 0.15) is 4.88 Å². The van der Waals surface area contributed by atoms with E-state index >= 15 is 0 Å². The lowest BCUT2D eigenvalue weighted by Gasteiger charge is -2.13. The number of aldehydes is 1. The quantitative estimate of drug-likeness (QED) is 0.750. The van der Waals surface area contributed by atoms with Crippen molar-refractivity contribution in [2.75, 3.05) is 0 Å². The Hall–Kier alpha value is -1.16. The first-order valence-electron chi connectivity index (χ1n) is 5.96. The van der Waals surface area contributed by atoms with Crippen molar-refractivity contribution in [1.82, 2.24) is 0 Å². The molecule has 1 atom stereocenters. The second-order valence-electron chi connectivity index (χ2n) is 4.10. The van der Waals surface area contributed by atoms with E-state index in [0.717, 1.165) is 48.9 Å². The van der Waals surface area contributed by atoms with E-state index in [2.05, 4.69) is 13.8 Å². The normalized spacial score (nSPS) is 12.4. The van der Waals surface area contributed by atoms with Crippen LogP contribution in [0, 0.1) is 0 Å². The Balaban J connectivity index is 3.03. The highest BCUT2D eigenvalue weighted by Gasteiger charge is 2.21. The van der Waals surface area contributed by atoms with Crippen molar-refractivity contribution in [3.63, 3.8) is 0 Å². The van der Waals surface area contributed by atoms with E-state index in [-0.39, 0.29) is 5.92 Å². The number of aromatic carboxylic acids is 1. The third-order valence-electron chi connectivity index (χ3n) is 2.93. The van der Waals surface area contributed by atoms with Crippen molar-refractivity contribution in [2.24, 2.45) is 0 Å². The van der Waals surface area contributed by atoms with E-state index in [4.69, 9.17) is 5.11 Å². The van der Waals surface area contributed by atoms with E-state index in [0.29, 0.717) is 9.75 Å². The van der Waals surface area contributed by atoms with Crippen molar-refractivity contribution in [3.05, 3.63) is 21.4 Å². The number of carboxylic acid groups (broad SMARTS) is 1. The fourth-order valence-electron chi connectivity index (χ4n) is 1.98. The molecular formula is C13H18O3S. The minimum atomic E-state index is -0.923. The van der Waals surface area contributed by atoms with Gasteiger partial charge in [0.05, 0.1) is 4.88 Å². The van der Waals surface area contributed by atoms with Crippen LogP contribution in [0.5, 0.6) is 0 Å². The van der Waals surface area contributed by atoms with Crippen molar-refractivity contribution in [2.45, 2.75) is 45.4 Å². The topological polar surface area (TPSA) is 54.4 Å². The minimum absolute atomic E-state index is 0.256. The standard InChI is InChI=1S/C13H18O3S/c1-3-5-6-9(4-2)11-7-10(8-14)17-12(11)13(15)16/h7-9H,3-6H2,1-2H3,(H,15,16). The van der Waals surface area contributed by atoms with E-state index in [1.54, 1.807) is 6.07 Å². The summed E-state index contributed by atoms with van der Waals surface area (Å²) in [5.41, 5.74) is 0.834. The zero-order valence-electron chi connectivity index (χ0n) is 10.2. The van der Waals surface area contributed by atoms with Crippen LogP contribution < -0.4 is 0 Å². The van der Waals surface area contributed by atoms with Gasteiger partial charge in [-0.2, -0.15) is 0 Å². The maximum Gasteiger partial charge on any atom is 0.346 e. The average molecular weight is 254 g/mol. The van der Waals surface area contributed by atoms with Crippen LogP contribution in [-0.4, -0.2) is 17.4 Å². The molecule has 3 nitrogen and oxygen atoms in total. The number of rotatable bonds is 7. The van der Waals surface area contributed by atoms with Crippen LogP contribution in [0.3, 0.4) is 0 Å². The number of carbonyl (C=O) groups is 2. The number of carboxylic acids is 1. The summed E-state index contributed by atoms with van der Waals surface area (Å²) in [5.74, 6) is -0.668. The van der Waals surface area contributed by atoms with Crippen LogP contribution in [0.15, 0.2) is 6.07 Å². The Morgan fingerprint density at radius 1 is 1.53 bits per heavy atom. The summed E-state index contributed by atoms with van der Waals surface area (Å²) in [7, 11) is 0. The highest BCUT2D eigenvalue weighted by Crippen LogP contribution is 2.33. The van der Waals surface area contributed by atoms with E-state index < -0.39 is 5.97 Å². The van der Waals surface area contributed by atoms with Crippen LogP contribution in [-0.2, 0) is 0 Å². The Morgan fingerprint density at radius 3 is 2.71 bits per heavy atom. The van der Waals surface area contributed by atoms with E-state index in [9.17, 15) is 9.59 Å². The van der Waals surface area contributed by atoms with Crippen LogP contribution in [0.1, 0.15) is 70.4 Å². The SMILES string of the molecule is CCCCC(CC)c1cc(C=O)sc1C(=O)O. The van der Waals surface area contributed by atoms with Gasteiger partial charge in [0.25, 0.3) is 0 Å². The lowest BCUT2D eigenvalue weighted by Crippen LogP contribution is -2.03. The summed E-state index contributed by atoms with van der Waals surface area (Å²) in [4.78, 5) is 22.7. The second kappa shape index (κ2) is 6.55. The summed E-state index contributed by atoms with van der Waals surface area (Å²) >= 11 is 1.08. The summed E-state index contributed by atoms with van der Waals surface area (Å²) in [6.45, 7) is 4.18. The third kappa shape index (κ3) is 3.40. The number of unbranched alkanes of at least 4 members (excludes halogenated alkanes) is 1. The van der Waals surface area contributed by atoms with Crippen LogP contribution in [0.4, 0.5) is 0 Å². The molecule has 0 amide bonds. The molecule has 1 heterocycles. The number of thiophene rings is 1. The maximum atomic E-state index is 11.1. The van der Waals surface area contributed by atoms with Gasteiger partial charge in [0, 0.05) is 0 Å². The molecule has 0 radical (unpaired) electrons. The molecule has 17 heavy (non-hydrogen) atoms. The first kappa shape index (κ1) is 13.9. The summed E-state index contributed by atoms with van der Waals surface area (Å²) < 4.78 is 0. The van der Waals surface area contributed by atoms with E-state index in [1.165, 1.54) is 0 Å². The maximum absolute atomic E-state index is 11.1. The molecule has 0 saturated carbocycles. The van der Waals surface area contributed by atoms with E-state index in [1.807, 2.05) is 0 Å². The predicted octanol–water partition coefficient (Wildman–Crippen LogP) is 3.94. The molecule has 1 aromatic rings. The second-order valence-corrected chi connectivity index (χ2v) is 5.19. The fraction of sp³-hybridized carbons (Fsp3) is 0.538.